The Morgan fingerprint density at radius 3 is 2.90 bits per heavy atom. The van der Waals surface area contributed by atoms with Gasteiger partial charge < -0.3 is 10.2 Å². The highest BCUT2D eigenvalue weighted by molar-refractivity contribution is 7.16. The molecular formula is C15H19ClFN3S. The molecule has 0 saturated carbocycles. The first kappa shape index (κ1) is 16.2. The van der Waals surface area contributed by atoms with Crippen molar-refractivity contribution in [3.8, 4) is 0 Å². The molecule has 0 aliphatic carbocycles. The Hall–Kier alpha value is -1.17. The molecule has 2 heterocycles. The van der Waals surface area contributed by atoms with Gasteiger partial charge in [-0.3, -0.25) is 0 Å². The lowest BCUT2D eigenvalue weighted by molar-refractivity contribution is 0.610. The molecule has 0 saturated heterocycles. The van der Waals surface area contributed by atoms with Crippen LogP contribution in [0.1, 0.15) is 23.8 Å². The van der Waals surface area contributed by atoms with E-state index < -0.39 is 0 Å². The van der Waals surface area contributed by atoms with Gasteiger partial charge in [0.25, 0.3) is 0 Å². The minimum atomic E-state index is -0.306. The summed E-state index contributed by atoms with van der Waals surface area (Å²) in [6.45, 7) is 4.32. The van der Waals surface area contributed by atoms with E-state index in [4.69, 9.17) is 11.6 Å². The molecule has 3 nitrogen and oxygen atoms in total. The SMILES string of the molecule is CCCNCc1cc(F)cnc1N(C)Cc1ccc(Cl)s1. The third-order valence-electron chi connectivity index (χ3n) is 3.04. The topological polar surface area (TPSA) is 28.2 Å². The number of hydrogen-bond donors (Lipinski definition) is 1. The summed E-state index contributed by atoms with van der Waals surface area (Å²) in [7, 11) is 1.96. The van der Waals surface area contributed by atoms with Gasteiger partial charge in [0.05, 0.1) is 17.1 Å². The number of halogens is 2. The molecule has 2 aromatic rings. The summed E-state index contributed by atoms with van der Waals surface area (Å²) in [5.74, 6) is 0.490. The highest BCUT2D eigenvalue weighted by Crippen LogP contribution is 2.25. The average Bonchev–Trinajstić information content (AvgIpc) is 2.84. The number of aromatic nitrogens is 1. The Kier molecular flexibility index (Phi) is 5.96. The predicted molar refractivity (Wildman–Crippen MR) is 87.6 cm³/mol. The number of nitrogens with one attached hydrogen (secondary N) is 1. The predicted octanol–water partition coefficient (Wildman–Crippen LogP) is 4.07. The van der Waals surface area contributed by atoms with E-state index in [0.717, 1.165) is 33.6 Å². The monoisotopic (exact) mass is 327 g/mol. The van der Waals surface area contributed by atoms with E-state index in [0.29, 0.717) is 13.1 Å². The number of thiophene rings is 1. The molecule has 0 bridgehead atoms. The summed E-state index contributed by atoms with van der Waals surface area (Å²) in [5.41, 5.74) is 0.869. The first-order valence-corrected chi connectivity index (χ1v) is 8.10. The Labute approximate surface area is 133 Å². The second-order valence-electron chi connectivity index (χ2n) is 4.87. The Bertz CT molecular complexity index is 588. The van der Waals surface area contributed by atoms with E-state index in [1.807, 2.05) is 24.1 Å². The zero-order valence-electron chi connectivity index (χ0n) is 12.2. The van der Waals surface area contributed by atoms with Gasteiger partial charge in [-0.25, -0.2) is 9.37 Å². The van der Waals surface area contributed by atoms with Crippen molar-refractivity contribution in [2.24, 2.45) is 0 Å². The van der Waals surface area contributed by atoms with Crippen LogP contribution < -0.4 is 10.2 Å². The fourth-order valence-electron chi connectivity index (χ4n) is 2.09. The third-order valence-corrected chi connectivity index (χ3v) is 4.25. The molecule has 6 heteroatoms. The van der Waals surface area contributed by atoms with Gasteiger partial charge >= 0.3 is 0 Å². The minimum Gasteiger partial charge on any atom is -0.354 e. The minimum absolute atomic E-state index is 0.306. The maximum atomic E-state index is 13.4. The molecular weight excluding hydrogens is 309 g/mol. The van der Waals surface area contributed by atoms with Crippen LogP contribution in [0, 0.1) is 5.82 Å². The highest BCUT2D eigenvalue weighted by Gasteiger charge is 2.12. The Morgan fingerprint density at radius 1 is 1.43 bits per heavy atom. The number of hydrogen-bond acceptors (Lipinski definition) is 4. The van der Waals surface area contributed by atoms with Crippen molar-refractivity contribution in [1.29, 1.82) is 0 Å². The largest absolute Gasteiger partial charge is 0.354 e. The van der Waals surface area contributed by atoms with Gasteiger partial charge in [0, 0.05) is 24.0 Å². The lowest BCUT2D eigenvalue weighted by atomic mass is 10.2. The fourth-order valence-corrected chi connectivity index (χ4v) is 3.23. The van der Waals surface area contributed by atoms with E-state index >= 15 is 0 Å². The molecule has 2 rings (SSSR count). The Morgan fingerprint density at radius 2 is 2.24 bits per heavy atom. The molecule has 0 unspecified atom stereocenters. The van der Waals surface area contributed by atoms with E-state index in [1.165, 1.54) is 6.20 Å². The van der Waals surface area contributed by atoms with Gasteiger partial charge in [0.15, 0.2) is 0 Å². The second kappa shape index (κ2) is 7.73. The number of pyridine rings is 1. The smallest absolute Gasteiger partial charge is 0.141 e. The average molecular weight is 328 g/mol. The maximum absolute atomic E-state index is 13.4. The van der Waals surface area contributed by atoms with Gasteiger partial charge in [-0.15, -0.1) is 11.3 Å². The van der Waals surface area contributed by atoms with Crippen LogP contribution >= 0.6 is 22.9 Å². The molecule has 0 fully saturated rings. The fraction of sp³-hybridized carbons (Fsp3) is 0.400. The van der Waals surface area contributed by atoms with E-state index in [1.54, 1.807) is 17.4 Å². The summed E-state index contributed by atoms with van der Waals surface area (Å²) in [6, 6.07) is 5.43. The molecule has 114 valence electrons. The summed E-state index contributed by atoms with van der Waals surface area (Å²) in [4.78, 5) is 7.41. The van der Waals surface area contributed by atoms with Gasteiger partial charge in [-0.2, -0.15) is 0 Å². The molecule has 1 N–H and O–H groups in total. The van der Waals surface area contributed by atoms with Gasteiger partial charge in [0.2, 0.25) is 0 Å². The van der Waals surface area contributed by atoms with Crippen molar-refractivity contribution in [2.75, 3.05) is 18.5 Å². The molecule has 0 aliphatic rings. The highest BCUT2D eigenvalue weighted by atomic mass is 35.5. The summed E-state index contributed by atoms with van der Waals surface area (Å²) >= 11 is 7.50. The van der Waals surface area contributed by atoms with Crippen molar-refractivity contribution in [3.63, 3.8) is 0 Å². The van der Waals surface area contributed by atoms with Crippen molar-refractivity contribution in [3.05, 3.63) is 45.0 Å². The van der Waals surface area contributed by atoms with Crippen LogP contribution in [0.2, 0.25) is 4.34 Å². The van der Waals surface area contributed by atoms with E-state index in [9.17, 15) is 4.39 Å². The third kappa shape index (κ3) is 4.66. The lowest BCUT2D eigenvalue weighted by Gasteiger charge is -2.20. The van der Waals surface area contributed by atoms with Crippen LogP contribution in [-0.4, -0.2) is 18.6 Å². The number of nitrogens with zero attached hydrogens (tertiary/aromatic N) is 2. The molecule has 0 aliphatic heterocycles. The van der Waals surface area contributed by atoms with Crippen molar-refractivity contribution >= 4 is 28.8 Å². The Balaban J connectivity index is 2.12. The van der Waals surface area contributed by atoms with Crippen LogP contribution in [0.5, 0.6) is 0 Å². The van der Waals surface area contributed by atoms with Crippen molar-refractivity contribution < 1.29 is 4.39 Å². The van der Waals surface area contributed by atoms with Crippen LogP contribution in [0.3, 0.4) is 0 Å². The zero-order chi connectivity index (χ0) is 15.2. The molecule has 0 aromatic carbocycles. The quantitative estimate of drug-likeness (QED) is 0.777. The lowest BCUT2D eigenvalue weighted by Crippen LogP contribution is -2.22. The summed E-state index contributed by atoms with van der Waals surface area (Å²) in [5, 5.41) is 3.29. The summed E-state index contributed by atoms with van der Waals surface area (Å²) in [6.07, 6.45) is 2.30. The van der Waals surface area contributed by atoms with Gasteiger partial charge in [-0.1, -0.05) is 18.5 Å². The normalized spacial score (nSPS) is 10.9. The first-order valence-electron chi connectivity index (χ1n) is 6.90. The van der Waals surface area contributed by atoms with Crippen LogP contribution in [0.15, 0.2) is 24.4 Å². The molecule has 0 spiro atoms. The number of anilines is 1. The molecule has 0 amide bonds. The van der Waals surface area contributed by atoms with E-state index in [-0.39, 0.29) is 5.82 Å². The molecule has 21 heavy (non-hydrogen) atoms. The van der Waals surface area contributed by atoms with Crippen molar-refractivity contribution in [2.45, 2.75) is 26.4 Å². The molecule has 2 aromatic heterocycles. The zero-order valence-corrected chi connectivity index (χ0v) is 13.8. The second-order valence-corrected chi connectivity index (χ2v) is 6.67. The number of rotatable bonds is 7. The standard InChI is InChI=1S/C15H19ClFN3S/c1-3-6-18-8-11-7-12(17)9-19-15(11)20(2)10-13-4-5-14(16)21-13/h4-5,7,9,18H,3,6,8,10H2,1-2H3. The van der Waals surface area contributed by atoms with Crippen molar-refractivity contribution in [1.82, 2.24) is 10.3 Å². The van der Waals surface area contributed by atoms with Crippen LogP contribution in [-0.2, 0) is 13.1 Å². The van der Waals surface area contributed by atoms with Gasteiger partial charge in [0.1, 0.15) is 11.6 Å². The van der Waals surface area contributed by atoms with Gasteiger partial charge in [-0.05, 0) is 31.2 Å². The summed E-state index contributed by atoms with van der Waals surface area (Å²) < 4.78 is 14.2. The molecule has 0 radical (unpaired) electrons. The first-order chi connectivity index (χ1) is 10.1. The van der Waals surface area contributed by atoms with Crippen LogP contribution in [0.25, 0.3) is 0 Å². The van der Waals surface area contributed by atoms with E-state index in [2.05, 4.69) is 17.2 Å². The molecule has 0 atom stereocenters. The van der Waals surface area contributed by atoms with Crippen LogP contribution in [0.4, 0.5) is 10.2 Å². The maximum Gasteiger partial charge on any atom is 0.141 e.